The number of fused-ring (bicyclic) bond motifs is 8. The van der Waals surface area contributed by atoms with Gasteiger partial charge in [0.2, 0.25) is 0 Å². The Morgan fingerprint density at radius 3 is 1.20 bits per heavy atom. The van der Waals surface area contributed by atoms with E-state index >= 15 is 0 Å². The molecule has 0 fully saturated rings. The van der Waals surface area contributed by atoms with Gasteiger partial charge < -0.3 is 24.2 Å². The second kappa shape index (κ2) is 18.7. The van der Waals surface area contributed by atoms with Gasteiger partial charge in [-0.1, -0.05) is 193 Å². The molecule has 16 rings (SSSR count). The maximum Gasteiger partial charge on any atom is 0.256 e. The molecule has 0 atom stereocenters. The van der Waals surface area contributed by atoms with E-state index in [1.165, 1.54) is 22.1 Å². The summed E-state index contributed by atoms with van der Waals surface area (Å²) in [5.41, 5.74) is 25.7. The van der Waals surface area contributed by atoms with E-state index in [4.69, 9.17) is 9.47 Å². The van der Waals surface area contributed by atoms with Gasteiger partial charge in [-0.3, -0.25) is 0 Å². The molecule has 4 heterocycles. The number of nitrogens with zero attached hydrogens (tertiary/aromatic N) is 3. The highest BCUT2D eigenvalue weighted by molar-refractivity contribution is 7.02. The van der Waals surface area contributed by atoms with E-state index in [0.717, 1.165) is 129 Å². The van der Waals surface area contributed by atoms with E-state index in [1.807, 2.05) is 0 Å². The lowest BCUT2D eigenvalue weighted by molar-refractivity contribution is 0.487. The molecule has 12 aromatic carbocycles. The number of hydrogen-bond acceptors (Lipinski definition) is 5. The summed E-state index contributed by atoms with van der Waals surface area (Å²) in [6, 6.07) is 99.5. The fraction of sp³-hybridized carbons (Fsp3) is 0.0270. The minimum atomic E-state index is -0.192. The van der Waals surface area contributed by atoms with Crippen LogP contribution in [0.2, 0.25) is 0 Å². The molecular weight excluding hydrogens is 984 g/mol. The minimum Gasteiger partial charge on any atom is -0.458 e. The molecule has 5 nitrogen and oxygen atoms in total. The molecule has 0 spiro atoms. The first-order chi connectivity index (χ1) is 40.0. The van der Waals surface area contributed by atoms with E-state index in [-0.39, 0.29) is 13.4 Å². The lowest BCUT2D eigenvalue weighted by atomic mass is 9.31. The second-order valence-electron chi connectivity index (χ2n) is 21.7. The molecular formula is C74H51B2N3O2. The van der Waals surface area contributed by atoms with E-state index in [0.29, 0.717) is 0 Å². The monoisotopic (exact) mass is 1040 g/mol. The topological polar surface area (TPSA) is 28.2 Å². The molecule has 0 radical (unpaired) electrons. The zero-order chi connectivity index (χ0) is 53.7. The van der Waals surface area contributed by atoms with Gasteiger partial charge in [0.1, 0.15) is 23.0 Å². The Balaban J connectivity index is 1.05. The van der Waals surface area contributed by atoms with Crippen molar-refractivity contribution in [3.8, 4) is 56.4 Å². The van der Waals surface area contributed by atoms with Gasteiger partial charge in [-0.25, -0.2) is 0 Å². The molecule has 0 unspecified atom stereocenters. The normalized spacial score (nSPS) is 12.9. The number of anilines is 9. The molecule has 0 amide bonds. The average Bonchev–Trinajstić information content (AvgIpc) is 3.67. The first-order valence-electron chi connectivity index (χ1n) is 28.0. The van der Waals surface area contributed by atoms with E-state index in [2.05, 4.69) is 302 Å². The van der Waals surface area contributed by atoms with E-state index in [1.54, 1.807) is 0 Å². The Morgan fingerprint density at radius 1 is 0.284 bits per heavy atom. The third kappa shape index (κ3) is 7.57. The van der Waals surface area contributed by atoms with Crippen LogP contribution in [0.4, 0.5) is 51.2 Å². The third-order valence-corrected chi connectivity index (χ3v) is 16.8. The lowest BCUT2D eigenvalue weighted by Gasteiger charge is -2.45. The van der Waals surface area contributed by atoms with E-state index in [9.17, 15) is 0 Å². The third-order valence-electron chi connectivity index (χ3n) is 16.8. The first kappa shape index (κ1) is 46.8. The van der Waals surface area contributed by atoms with Crippen LogP contribution in [0, 0.1) is 13.8 Å². The number of benzene rings is 12. The fourth-order valence-corrected chi connectivity index (χ4v) is 13.3. The molecule has 0 aliphatic carbocycles. The van der Waals surface area contributed by atoms with Crippen molar-refractivity contribution >= 4 is 97.4 Å². The summed E-state index contributed by atoms with van der Waals surface area (Å²) in [4.78, 5) is 7.48. The number of aryl methyl sites for hydroxylation is 2. The second-order valence-corrected chi connectivity index (χ2v) is 21.7. The van der Waals surface area contributed by atoms with Crippen LogP contribution >= 0.6 is 0 Å². The van der Waals surface area contributed by atoms with Crippen LogP contribution in [-0.4, -0.2) is 13.4 Å². The maximum atomic E-state index is 7.30. The van der Waals surface area contributed by atoms with Crippen molar-refractivity contribution in [1.29, 1.82) is 0 Å². The van der Waals surface area contributed by atoms with Crippen molar-refractivity contribution in [2.45, 2.75) is 13.8 Å². The lowest BCUT2D eigenvalue weighted by Crippen LogP contribution is -2.63. The van der Waals surface area contributed by atoms with E-state index < -0.39 is 0 Å². The summed E-state index contributed by atoms with van der Waals surface area (Å²) in [7, 11) is 0. The summed E-state index contributed by atoms with van der Waals surface area (Å²) in [6.07, 6.45) is 0. The Morgan fingerprint density at radius 2 is 0.704 bits per heavy atom. The highest BCUT2D eigenvalue weighted by Crippen LogP contribution is 2.52. The average molecular weight is 1040 g/mol. The molecule has 4 aliphatic heterocycles. The Kier molecular flexibility index (Phi) is 10.8. The summed E-state index contributed by atoms with van der Waals surface area (Å²) >= 11 is 0. The van der Waals surface area contributed by atoms with Crippen molar-refractivity contribution in [3.05, 3.63) is 284 Å². The molecule has 4 aliphatic rings. The summed E-state index contributed by atoms with van der Waals surface area (Å²) in [5, 5.41) is 0. The molecule has 380 valence electrons. The van der Waals surface area contributed by atoms with Gasteiger partial charge in [0.05, 0.1) is 17.1 Å². The Bertz CT molecular complexity index is 4420. The van der Waals surface area contributed by atoms with Gasteiger partial charge in [0.15, 0.2) is 0 Å². The standard InChI is InChI=1S/C74H51B2N3O2/c1-48-36-38-63(57(40-48)51-24-10-4-11-25-51)78-65-47-66-62(46-61(65)75-59-32-18-20-34-69(59)80-71-43-53(42-67(78)73(71)75)50-22-8-3-9-23-50)76-60-33-19-21-35-70(60)81-72-45-56(77(54-28-14-6-15-29-54)55-30-16-7-17-31-55)44-68(74(72)76)79(66)64-39-37-49(2)41-58(64)52-26-12-5-13-27-52/h3-47H,1-2H3. The number of hydrogen-bond donors (Lipinski definition) is 0. The molecule has 81 heavy (non-hydrogen) atoms. The summed E-state index contributed by atoms with van der Waals surface area (Å²) in [5.74, 6) is 3.42. The molecule has 0 N–H and O–H groups in total. The smallest absolute Gasteiger partial charge is 0.256 e. The molecule has 0 aromatic heterocycles. The zero-order valence-electron chi connectivity index (χ0n) is 44.8. The van der Waals surface area contributed by atoms with Gasteiger partial charge in [-0.2, -0.15) is 0 Å². The van der Waals surface area contributed by atoms with Crippen molar-refractivity contribution in [2.75, 3.05) is 14.7 Å². The highest BCUT2D eigenvalue weighted by Gasteiger charge is 2.48. The van der Waals surface area contributed by atoms with Crippen LogP contribution in [0.15, 0.2) is 273 Å². The van der Waals surface area contributed by atoms with Crippen LogP contribution in [-0.2, 0) is 0 Å². The Labute approximate surface area is 473 Å². The quantitative estimate of drug-likeness (QED) is 0.141. The van der Waals surface area contributed by atoms with Gasteiger partial charge in [-0.05, 0) is 154 Å². The molecule has 7 heteroatoms. The van der Waals surface area contributed by atoms with Crippen LogP contribution in [0.1, 0.15) is 11.1 Å². The first-order valence-corrected chi connectivity index (χ1v) is 28.0. The van der Waals surface area contributed by atoms with Gasteiger partial charge >= 0.3 is 0 Å². The van der Waals surface area contributed by atoms with Gasteiger partial charge in [-0.15, -0.1) is 0 Å². The van der Waals surface area contributed by atoms with Crippen LogP contribution in [0.25, 0.3) is 33.4 Å². The number of ether oxygens (including phenoxy) is 2. The SMILES string of the molecule is Cc1ccc(N2c3cc4c(cc3B3c5ccccc5Oc5cc(-c6ccccc6)cc2c53)B2c3ccccc3Oc3cc(N(c5ccccc5)c5ccccc5)cc(c32)N4c2ccc(C)cc2-c2ccccc2)c(-c2ccccc2)c1. The highest BCUT2D eigenvalue weighted by atomic mass is 16.5. The molecule has 0 bridgehead atoms. The Hall–Kier alpha value is -10.2. The maximum absolute atomic E-state index is 7.30. The van der Waals surface area contributed by atoms with Crippen molar-refractivity contribution in [2.24, 2.45) is 0 Å². The predicted octanol–water partition coefficient (Wildman–Crippen LogP) is 15.6. The zero-order valence-corrected chi connectivity index (χ0v) is 44.8. The van der Waals surface area contributed by atoms with Gasteiger partial charge in [0.25, 0.3) is 13.4 Å². The summed E-state index contributed by atoms with van der Waals surface area (Å²) in [6.45, 7) is 4.04. The molecule has 12 aromatic rings. The van der Waals surface area contributed by atoms with Crippen molar-refractivity contribution in [1.82, 2.24) is 0 Å². The predicted molar refractivity (Wildman–Crippen MR) is 339 cm³/mol. The molecule has 0 saturated heterocycles. The fourth-order valence-electron chi connectivity index (χ4n) is 13.3. The van der Waals surface area contributed by atoms with Crippen LogP contribution in [0.3, 0.4) is 0 Å². The number of para-hydroxylation sites is 4. The van der Waals surface area contributed by atoms with Gasteiger partial charge in [0, 0.05) is 51.3 Å². The van der Waals surface area contributed by atoms with Crippen LogP contribution < -0.4 is 57.0 Å². The van der Waals surface area contributed by atoms with Crippen molar-refractivity contribution in [3.63, 3.8) is 0 Å². The van der Waals surface area contributed by atoms with Crippen LogP contribution in [0.5, 0.6) is 23.0 Å². The number of rotatable bonds is 8. The minimum absolute atomic E-state index is 0.164. The molecule has 0 saturated carbocycles. The van der Waals surface area contributed by atoms with Crippen molar-refractivity contribution < 1.29 is 9.47 Å². The largest absolute Gasteiger partial charge is 0.458 e. The summed E-state index contributed by atoms with van der Waals surface area (Å²) < 4.78 is 14.5.